The summed E-state index contributed by atoms with van der Waals surface area (Å²) in [6, 6.07) is 0. The van der Waals surface area contributed by atoms with Crippen molar-refractivity contribution in [3.05, 3.63) is 0 Å². The number of rotatable bonds is 0. The van der Waals surface area contributed by atoms with Crippen LogP contribution in [0.2, 0.25) is 0 Å². The molecule has 8 heavy (non-hydrogen) atoms. The van der Waals surface area contributed by atoms with Gasteiger partial charge in [0.1, 0.15) is 0 Å². The van der Waals surface area contributed by atoms with Gasteiger partial charge in [0.15, 0.2) is 0 Å². The smallest absolute Gasteiger partial charge is 0.0566 e. The standard InChI is InChI=1S/C5H10OS2/c6-4-1-2-8-5(7)3-4/h4-7H,1-3H2/t4-,5+/m0/s1. The lowest BCUT2D eigenvalue weighted by atomic mass is 10.2. The van der Waals surface area contributed by atoms with E-state index in [1.54, 1.807) is 0 Å². The molecule has 1 saturated heterocycles. The Morgan fingerprint density at radius 3 is 2.75 bits per heavy atom. The molecule has 1 fully saturated rings. The summed E-state index contributed by atoms with van der Waals surface area (Å²) >= 11 is 6.05. The highest BCUT2D eigenvalue weighted by atomic mass is 32.2. The fourth-order valence-corrected chi connectivity index (χ4v) is 2.36. The summed E-state index contributed by atoms with van der Waals surface area (Å²) in [5.74, 6) is 1.06. The molecule has 0 spiro atoms. The van der Waals surface area contributed by atoms with Gasteiger partial charge in [-0.25, -0.2) is 0 Å². The highest BCUT2D eigenvalue weighted by Crippen LogP contribution is 2.27. The van der Waals surface area contributed by atoms with E-state index in [0.29, 0.717) is 4.58 Å². The fourth-order valence-electron chi connectivity index (χ4n) is 0.759. The Labute approximate surface area is 59.3 Å². The zero-order valence-electron chi connectivity index (χ0n) is 4.58. The van der Waals surface area contributed by atoms with Gasteiger partial charge in [-0.05, 0) is 18.6 Å². The Balaban J connectivity index is 2.23. The molecule has 0 saturated carbocycles. The van der Waals surface area contributed by atoms with E-state index in [9.17, 15) is 0 Å². The second-order valence-corrected chi connectivity index (χ2v) is 4.29. The van der Waals surface area contributed by atoms with Gasteiger partial charge in [-0.2, -0.15) is 12.6 Å². The quantitative estimate of drug-likeness (QED) is 0.505. The average Bonchev–Trinajstić information content (AvgIpc) is 1.64. The topological polar surface area (TPSA) is 20.2 Å². The Bertz CT molecular complexity index is 68.8. The number of hydrogen-bond acceptors (Lipinski definition) is 3. The third-order valence-electron chi connectivity index (χ3n) is 1.24. The molecule has 1 aliphatic heterocycles. The monoisotopic (exact) mass is 150 g/mol. The van der Waals surface area contributed by atoms with E-state index in [1.807, 2.05) is 11.8 Å². The van der Waals surface area contributed by atoms with Crippen LogP contribution in [0.1, 0.15) is 12.8 Å². The van der Waals surface area contributed by atoms with Gasteiger partial charge in [-0.3, -0.25) is 0 Å². The Morgan fingerprint density at radius 1 is 1.62 bits per heavy atom. The van der Waals surface area contributed by atoms with Crippen molar-refractivity contribution in [2.24, 2.45) is 0 Å². The van der Waals surface area contributed by atoms with E-state index in [-0.39, 0.29) is 6.10 Å². The van der Waals surface area contributed by atoms with Crippen LogP contribution in [0.15, 0.2) is 0 Å². The first-order valence-corrected chi connectivity index (χ1v) is 4.33. The second kappa shape index (κ2) is 2.99. The maximum absolute atomic E-state index is 9.02. The van der Waals surface area contributed by atoms with Crippen LogP contribution in [0.4, 0.5) is 0 Å². The predicted octanol–water partition coefficient (Wildman–Crippen LogP) is 1.13. The SMILES string of the molecule is O[C@H]1CCS[C@@H](S)C1. The molecule has 0 aliphatic carbocycles. The fraction of sp³-hybridized carbons (Fsp3) is 1.00. The molecule has 3 heteroatoms. The first-order valence-electron chi connectivity index (χ1n) is 2.77. The molecule has 2 atom stereocenters. The van der Waals surface area contributed by atoms with E-state index in [4.69, 9.17) is 5.11 Å². The molecule has 0 aromatic heterocycles. The largest absolute Gasteiger partial charge is 0.393 e. The molecular formula is C5H10OS2. The minimum absolute atomic E-state index is 0.0845. The maximum atomic E-state index is 9.02. The molecule has 48 valence electrons. The van der Waals surface area contributed by atoms with Crippen molar-refractivity contribution in [3.8, 4) is 0 Å². The average molecular weight is 150 g/mol. The molecule has 0 bridgehead atoms. The lowest BCUT2D eigenvalue weighted by Crippen LogP contribution is -2.18. The predicted molar refractivity (Wildman–Crippen MR) is 40.5 cm³/mol. The van der Waals surface area contributed by atoms with Crippen LogP contribution in [-0.2, 0) is 0 Å². The van der Waals surface area contributed by atoms with Crippen molar-refractivity contribution >= 4 is 24.4 Å². The van der Waals surface area contributed by atoms with Gasteiger partial charge < -0.3 is 5.11 Å². The van der Waals surface area contributed by atoms with E-state index < -0.39 is 0 Å². The molecule has 0 amide bonds. The lowest BCUT2D eigenvalue weighted by Gasteiger charge is -2.20. The van der Waals surface area contributed by atoms with Crippen molar-refractivity contribution in [3.63, 3.8) is 0 Å². The zero-order valence-corrected chi connectivity index (χ0v) is 6.29. The van der Waals surface area contributed by atoms with Crippen LogP contribution >= 0.6 is 24.4 Å². The minimum Gasteiger partial charge on any atom is -0.393 e. The van der Waals surface area contributed by atoms with E-state index in [0.717, 1.165) is 18.6 Å². The zero-order chi connectivity index (χ0) is 5.98. The van der Waals surface area contributed by atoms with Gasteiger partial charge in [-0.15, -0.1) is 11.8 Å². The number of thiol groups is 1. The molecule has 1 aliphatic rings. The third kappa shape index (κ3) is 1.88. The molecule has 0 aromatic rings. The first kappa shape index (κ1) is 6.78. The first-order chi connectivity index (χ1) is 3.79. The number of hydrogen-bond donors (Lipinski definition) is 2. The molecule has 0 unspecified atom stereocenters. The molecule has 1 rings (SSSR count). The van der Waals surface area contributed by atoms with E-state index in [1.165, 1.54) is 0 Å². The number of thioether (sulfide) groups is 1. The van der Waals surface area contributed by atoms with Crippen LogP contribution in [0.3, 0.4) is 0 Å². The van der Waals surface area contributed by atoms with Crippen molar-refractivity contribution in [2.45, 2.75) is 23.5 Å². The van der Waals surface area contributed by atoms with Gasteiger partial charge in [0, 0.05) is 4.58 Å². The maximum Gasteiger partial charge on any atom is 0.0566 e. The summed E-state index contributed by atoms with van der Waals surface area (Å²) < 4.78 is 0.374. The summed E-state index contributed by atoms with van der Waals surface area (Å²) in [5, 5.41) is 9.02. The van der Waals surface area contributed by atoms with Crippen molar-refractivity contribution in [2.75, 3.05) is 5.75 Å². The molecule has 1 N–H and O–H groups in total. The van der Waals surface area contributed by atoms with Crippen LogP contribution in [0, 0.1) is 0 Å². The molecular weight excluding hydrogens is 140 g/mol. The van der Waals surface area contributed by atoms with Crippen molar-refractivity contribution in [1.29, 1.82) is 0 Å². The van der Waals surface area contributed by atoms with Crippen LogP contribution in [-0.4, -0.2) is 21.5 Å². The molecule has 1 nitrogen and oxygen atoms in total. The summed E-state index contributed by atoms with van der Waals surface area (Å²) in [6.45, 7) is 0. The Morgan fingerprint density at radius 2 is 2.38 bits per heavy atom. The Kier molecular flexibility index (Phi) is 2.53. The van der Waals surface area contributed by atoms with Gasteiger partial charge >= 0.3 is 0 Å². The summed E-state index contributed by atoms with van der Waals surface area (Å²) in [6.07, 6.45) is 1.72. The van der Waals surface area contributed by atoms with E-state index >= 15 is 0 Å². The molecule has 0 aromatic carbocycles. The second-order valence-electron chi connectivity index (χ2n) is 2.00. The van der Waals surface area contributed by atoms with Crippen molar-refractivity contribution in [1.82, 2.24) is 0 Å². The summed E-state index contributed by atoms with van der Waals surface area (Å²) in [7, 11) is 0. The van der Waals surface area contributed by atoms with Crippen LogP contribution in [0.5, 0.6) is 0 Å². The highest BCUT2D eigenvalue weighted by molar-refractivity contribution is 8.10. The normalized spacial score (nSPS) is 39.8. The number of aliphatic hydroxyl groups is 1. The molecule has 1 heterocycles. The van der Waals surface area contributed by atoms with Gasteiger partial charge in [0.05, 0.1) is 6.10 Å². The van der Waals surface area contributed by atoms with Crippen LogP contribution in [0.25, 0.3) is 0 Å². The minimum atomic E-state index is -0.0845. The summed E-state index contributed by atoms with van der Waals surface area (Å²) in [5.41, 5.74) is 0. The van der Waals surface area contributed by atoms with Gasteiger partial charge in [0.2, 0.25) is 0 Å². The van der Waals surface area contributed by atoms with Crippen molar-refractivity contribution < 1.29 is 5.11 Å². The Hall–Kier alpha value is 0.660. The molecule has 0 radical (unpaired) electrons. The lowest BCUT2D eigenvalue weighted by molar-refractivity contribution is 0.163. The summed E-state index contributed by atoms with van der Waals surface area (Å²) in [4.78, 5) is 0. The third-order valence-corrected chi connectivity index (χ3v) is 2.94. The van der Waals surface area contributed by atoms with Gasteiger partial charge in [0.25, 0.3) is 0 Å². The number of aliphatic hydroxyl groups excluding tert-OH is 1. The highest BCUT2D eigenvalue weighted by Gasteiger charge is 2.16. The van der Waals surface area contributed by atoms with Gasteiger partial charge in [-0.1, -0.05) is 0 Å². The van der Waals surface area contributed by atoms with Crippen LogP contribution < -0.4 is 0 Å². The van der Waals surface area contributed by atoms with E-state index in [2.05, 4.69) is 12.6 Å².